The van der Waals surface area contributed by atoms with Crippen molar-refractivity contribution < 1.29 is 14.1 Å². The Morgan fingerprint density at radius 1 is 1.36 bits per heavy atom. The molecule has 0 aliphatic heterocycles. The molecule has 4 rings (SSSR count). The molecular formula is C20H18ClN3O3S. The van der Waals surface area contributed by atoms with E-state index in [9.17, 15) is 9.59 Å². The third-order valence-corrected chi connectivity index (χ3v) is 6.24. The van der Waals surface area contributed by atoms with Crippen molar-refractivity contribution in [1.29, 1.82) is 0 Å². The van der Waals surface area contributed by atoms with E-state index in [4.69, 9.17) is 21.9 Å². The second-order valence-electron chi connectivity index (χ2n) is 6.96. The average Bonchev–Trinajstić information content (AvgIpc) is 3.26. The van der Waals surface area contributed by atoms with Crippen molar-refractivity contribution in [1.82, 2.24) is 5.16 Å². The number of primary amides is 1. The third kappa shape index (κ3) is 3.55. The van der Waals surface area contributed by atoms with Crippen LogP contribution in [0.15, 0.2) is 34.9 Å². The summed E-state index contributed by atoms with van der Waals surface area (Å²) in [5, 5.41) is 7.67. The number of carbonyl (C=O) groups excluding carboxylic acids is 2. The number of anilines is 1. The molecule has 0 saturated carbocycles. The van der Waals surface area contributed by atoms with Crippen LogP contribution in [0.5, 0.6) is 0 Å². The number of carbonyl (C=O) groups is 2. The fourth-order valence-corrected chi connectivity index (χ4v) is 5.03. The Hall–Kier alpha value is -2.64. The van der Waals surface area contributed by atoms with Gasteiger partial charge in [-0.2, -0.15) is 0 Å². The van der Waals surface area contributed by atoms with Crippen molar-refractivity contribution in [3.8, 4) is 11.3 Å². The van der Waals surface area contributed by atoms with Crippen LogP contribution in [0.3, 0.4) is 0 Å². The van der Waals surface area contributed by atoms with Gasteiger partial charge in [-0.05, 0) is 42.9 Å². The molecule has 2 aromatic heterocycles. The maximum atomic E-state index is 12.7. The average molecular weight is 416 g/mol. The largest absolute Gasteiger partial charge is 0.365 e. The molecule has 144 valence electrons. The Morgan fingerprint density at radius 3 is 2.93 bits per heavy atom. The summed E-state index contributed by atoms with van der Waals surface area (Å²) < 4.78 is 5.28. The van der Waals surface area contributed by atoms with Gasteiger partial charge in [0.05, 0.1) is 5.56 Å². The number of thiophene rings is 1. The summed E-state index contributed by atoms with van der Waals surface area (Å²) in [4.78, 5) is 25.8. The van der Waals surface area contributed by atoms with E-state index in [1.54, 1.807) is 24.3 Å². The molecule has 1 aromatic carbocycles. The van der Waals surface area contributed by atoms with Crippen LogP contribution in [0.2, 0.25) is 5.02 Å². The molecule has 8 heteroatoms. The number of amides is 2. The lowest BCUT2D eigenvalue weighted by atomic mass is 9.88. The minimum absolute atomic E-state index is 0.116. The molecule has 28 heavy (non-hydrogen) atoms. The van der Waals surface area contributed by atoms with Crippen LogP contribution in [0, 0.1) is 5.92 Å². The van der Waals surface area contributed by atoms with Gasteiger partial charge in [0.25, 0.3) is 11.8 Å². The van der Waals surface area contributed by atoms with Gasteiger partial charge in [-0.15, -0.1) is 11.3 Å². The summed E-state index contributed by atoms with van der Waals surface area (Å²) in [7, 11) is 0. The maximum absolute atomic E-state index is 12.7. The van der Waals surface area contributed by atoms with E-state index < -0.39 is 11.8 Å². The van der Waals surface area contributed by atoms with E-state index in [1.165, 1.54) is 11.3 Å². The number of benzene rings is 1. The molecule has 2 heterocycles. The van der Waals surface area contributed by atoms with Crippen molar-refractivity contribution in [2.75, 3.05) is 5.32 Å². The number of fused-ring (bicyclic) bond motifs is 1. The number of rotatable bonds is 4. The van der Waals surface area contributed by atoms with Gasteiger partial charge < -0.3 is 15.6 Å². The molecule has 0 radical (unpaired) electrons. The zero-order valence-electron chi connectivity index (χ0n) is 15.1. The van der Waals surface area contributed by atoms with E-state index in [0.29, 0.717) is 27.3 Å². The number of hydrogen-bond acceptors (Lipinski definition) is 5. The molecule has 0 spiro atoms. The van der Waals surface area contributed by atoms with Crippen molar-refractivity contribution >= 4 is 39.8 Å². The molecule has 0 saturated heterocycles. The quantitative estimate of drug-likeness (QED) is 0.653. The Morgan fingerprint density at radius 2 is 2.18 bits per heavy atom. The highest BCUT2D eigenvalue weighted by molar-refractivity contribution is 7.17. The van der Waals surface area contributed by atoms with Crippen LogP contribution in [-0.4, -0.2) is 17.0 Å². The van der Waals surface area contributed by atoms with Gasteiger partial charge >= 0.3 is 0 Å². The predicted molar refractivity (Wildman–Crippen MR) is 109 cm³/mol. The number of halogens is 1. The molecule has 6 nitrogen and oxygen atoms in total. The van der Waals surface area contributed by atoms with Crippen LogP contribution in [0.1, 0.15) is 44.6 Å². The molecule has 1 atom stereocenters. The highest BCUT2D eigenvalue weighted by Crippen LogP contribution is 2.39. The Kier molecular flexibility index (Phi) is 4.95. The van der Waals surface area contributed by atoms with Gasteiger partial charge in [-0.1, -0.05) is 35.8 Å². The lowest BCUT2D eigenvalue weighted by Gasteiger charge is -2.18. The summed E-state index contributed by atoms with van der Waals surface area (Å²) >= 11 is 7.41. The highest BCUT2D eigenvalue weighted by atomic mass is 35.5. The van der Waals surface area contributed by atoms with Crippen LogP contribution in [-0.2, 0) is 12.8 Å². The van der Waals surface area contributed by atoms with Crippen molar-refractivity contribution in [2.24, 2.45) is 11.7 Å². The van der Waals surface area contributed by atoms with Crippen molar-refractivity contribution in [3.63, 3.8) is 0 Å². The normalized spacial score (nSPS) is 15.9. The Labute approximate surface area is 170 Å². The molecule has 0 unspecified atom stereocenters. The number of nitrogens with two attached hydrogens (primary N) is 1. The zero-order valence-corrected chi connectivity index (χ0v) is 16.7. The number of nitrogens with zero attached hydrogens (tertiary/aromatic N) is 1. The smallest absolute Gasteiger partial charge is 0.278 e. The van der Waals surface area contributed by atoms with Gasteiger partial charge in [0, 0.05) is 21.5 Å². The first-order valence-corrected chi connectivity index (χ1v) is 10.1. The lowest BCUT2D eigenvalue weighted by Crippen LogP contribution is -2.19. The summed E-state index contributed by atoms with van der Waals surface area (Å²) in [6.07, 6.45) is 2.69. The predicted octanol–water partition coefficient (Wildman–Crippen LogP) is 4.53. The molecule has 0 fully saturated rings. The molecule has 2 amide bonds. The zero-order chi connectivity index (χ0) is 19.8. The summed E-state index contributed by atoms with van der Waals surface area (Å²) in [5.74, 6) is 0.00147. The number of nitrogens with one attached hydrogen (secondary N) is 1. The Balaban J connectivity index is 1.60. The van der Waals surface area contributed by atoms with Crippen molar-refractivity contribution in [3.05, 3.63) is 57.1 Å². The lowest BCUT2D eigenvalue weighted by molar-refractivity contribution is 0.1000. The molecule has 3 N–H and O–H groups in total. The molecular weight excluding hydrogens is 398 g/mol. The number of hydrogen-bond donors (Lipinski definition) is 2. The SMILES string of the molecule is C[C@@H]1CCc2c(sc(NC(=O)c3cc(-c4cccc(Cl)c4)on3)c2C(N)=O)C1. The van der Waals surface area contributed by atoms with E-state index in [0.717, 1.165) is 35.3 Å². The fraction of sp³-hybridized carbons (Fsp3) is 0.250. The van der Waals surface area contributed by atoms with E-state index in [2.05, 4.69) is 17.4 Å². The molecule has 1 aliphatic carbocycles. The monoisotopic (exact) mass is 415 g/mol. The molecule has 1 aliphatic rings. The van der Waals surface area contributed by atoms with Crippen molar-refractivity contribution in [2.45, 2.75) is 26.2 Å². The van der Waals surface area contributed by atoms with Gasteiger partial charge in [-0.3, -0.25) is 9.59 Å². The summed E-state index contributed by atoms with van der Waals surface area (Å²) in [5.41, 5.74) is 7.81. The highest BCUT2D eigenvalue weighted by Gasteiger charge is 2.28. The number of aromatic nitrogens is 1. The summed E-state index contributed by atoms with van der Waals surface area (Å²) in [6.45, 7) is 2.18. The molecule has 0 bridgehead atoms. The standard InChI is InChI=1S/C20H18ClN3O3S/c1-10-5-6-13-16(7-10)28-20(17(13)18(22)25)23-19(26)14-9-15(27-24-14)11-3-2-4-12(21)8-11/h2-4,8-10H,5-7H2,1H3,(H2,22,25)(H,23,26)/t10-/m1/s1. The topological polar surface area (TPSA) is 98.2 Å². The van der Waals surface area contributed by atoms with Crippen LogP contribution < -0.4 is 11.1 Å². The summed E-state index contributed by atoms with van der Waals surface area (Å²) in [6, 6.07) is 8.62. The van der Waals surface area contributed by atoms with Crippen LogP contribution >= 0.6 is 22.9 Å². The van der Waals surface area contributed by atoms with Gasteiger partial charge in [-0.25, -0.2) is 0 Å². The van der Waals surface area contributed by atoms with Crippen LogP contribution in [0.25, 0.3) is 11.3 Å². The van der Waals surface area contributed by atoms with Gasteiger partial charge in [0.1, 0.15) is 5.00 Å². The minimum atomic E-state index is -0.526. The van der Waals surface area contributed by atoms with Gasteiger partial charge in [0.2, 0.25) is 0 Å². The van der Waals surface area contributed by atoms with Crippen LogP contribution in [0.4, 0.5) is 5.00 Å². The van der Waals surface area contributed by atoms with E-state index >= 15 is 0 Å². The molecule has 3 aromatic rings. The second-order valence-corrected chi connectivity index (χ2v) is 8.50. The van der Waals surface area contributed by atoms with E-state index in [1.807, 2.05) is 6.07 Å². The third-order valence-electron chi connectivity index (χ3n) is 4.84. The first-order chi connectivity index (χ1) is 13.4. The minimum Gasteiger partial charge on any atom is -0.365 e. The second kappa shape index (κ2) is 7.41. The first kappa shape index (κ1) is 18.7. The first-order valence-electron chi connectivity index (χ1n) is 8.90. The fourth-order valence-electron chi connectivity index (χ4n) is 3.43. The Bertz CT molecular complexity index is 1070. The van der Waals surface area contributed by atoms with E-state index in [-0.39, 0.29) is 5.69 Å². The van der Waals surface area contributed by atoms with Gasteiger partial charge in [0.15, 0.2) is 11.5 Å². The maximum Gasteiger partial charge on any atom is 0.278 e.